The molecule has 1 amide bonds. The molecule has 1 aromatic heterocycles. The number of sulfonamides is 1. The van der Waals surface area contributed by atoms with Crippen LogP contribution in [0.5, 0.6) is 0 Å². The van der Waals surface area contributed by atoms with Crippen molar-refractivity contribution in [1.82, 2.24) is 19.1 Å². The summed E-state index contributed by atoms with van der Waals surface area (Å²) in [4.78, 5) is 22.0. The zero-order valence-electron chi connectivity index (χ0n) is 20.7. The van der Waals surface area contributed by atoms with Crippen LogP contribution in [0.15, 0.2) is 65.7 Å². The summed E-state index contributed by atoms with van der Waals surface area (Å²) in [5, 5.41) is 0.842. The predicted molar refractivity (Wildman–Crippen MR) is 144 cm³/mol. The summed E-state index contributed by atoms with van der Waals surface area (Å²) >= 11 is 1.75. The first kappa shape index (κ1) is 25.2. The van der Waals surface area contributed by atoms with Gasteiger partial charge in [-0.1, -0.05) is 49.4 Å². The topological polar surface area (TPSA) is 73.8 Å². The van der Waals surface area contributed by atoms with E-state index in [4.69, 9.17) is 0 Å². The maximum atomic E-state index is 13.4. The number of amides is 1. The molecule has 0 N–H and O–H groups in total. The first-order chi connectivity index (χ1) is 17.4. The predicted octanol–water partition coefficient (Wildman–Crippen LogP) is 3.90. The summed E-state index contributed by atoms with van der Waals surface area (Å²) in [5.74, 6) is 0.209. The fraction of sp³-hybridized carbons (Fsp3) is 0.407. The highest BCUT2D eigenvalue weighted by Crippen LogP contribution is 2.44. The summed E-state index contributed by atoms with van der Waals surface area (Å²) < 4.78 is 28.4. The minimum absolute atomic E-state index is 0.00842. The molecule has 3 heterocycles. The van der Waals surface area contributed by atoms with Crippen LogP contribution >= 0.6 is 11.8 Å². The number of hydrogen-bond donors (Lipinski definition) is 0. The first-order valence-electron chi connectivity index (χ1n) is 12.5. The highest BCUT2D eigenvalue weighted by atomic mass is 32.2. The first-order valence-corrected chi connectivity index (χ1v) is 14.9. The van der Waals surface area contributed by atoms with Crippen LogP contribution in [0, 0.1) is 6.92 Å². The van der Waals surface area contributed by atoms with Crippen molar-refractivity contribution in [2.24, 2.45) is 0 Å². The van der Waals surface area contributed by atoms with Gasteiger partial charge >= 0.3 is 0 Å². The Bertz CT molecular complexity index is 1350. The minimum atomic E-state index is -3.64. The second kappa shape index (κ2) is 10.5. The number of pyridine rings is 1. The molecule has 0 radical (unpaired) electrons. The number of fused-ring (bicyclic) bond motifs is 1. The quantitative estimate of drug-likeness (QED) is 0.467. The van der Waals surface area contributed by atoms with Crippen molar-refractivity contribution in [3.05, 3.63) is 71.9 Å². The lowest BCUT2D eigenvalue weighted by Gasteiger charge is -2.35. The molecule has 7 nitrogen and oxygen atoms in total. The Morgan fingerprint density at radius 2 is 1.72 bits per heavy atom. The van der Waals surface area contributed by atoms with E-state index in [0.717, 1.165) is 18.4 Å². The van der Waals surface area contributed by atoms with Gasteiger partial charge in [0.05, 0.1) is 10.8 Å². The van der Waals surface area contributed by atoms with Crippen molar-refractivity contribution in [2.45, 2.75) is 35.8 Å². The van der Waals surface area contributed by atoms with Gasteiger partial charge in [0.15, 0.2) is 0 Å². The molecule has 2 aliphatic rings. The van der Waals surface area contributed by atoms with Gasteiger partial charge in [-0.15, -0.1) is 11.8 Å². The third-order valence-electron chi connectivity index (χ3n) is 7.16. The smallest absolute Gasteiger partial charge is 0.245 e. The molecule has 2 aliphatic heterocycles. The van der Waals surface area contributed by atoms with Gasteiger partial charge in [-0.25, -0.2) is 8.42 Å². The van der Waals surface area contributed by atoms with Gasteiger partial charge in [-0.2, -0.15) is 4.31 Å². The van der Waals surface area contributed by atoms with E-state index in [2.05, 4.69) is 35.9 Å². The number of aryl methyl sites for hydroxylation is 1. The van der Waals surface area contributed by atoms with Crippen LogP contribution in [0.2, 0.25) is 0 Å². The zero-order valence-corrected chi connectivity index (χ0v) is 22.3. The van der Waals surface area contributed by atoms with Crippen molar-refractivity contribution in [1.29, 1.82) is 0 Å². The molecule has 0 saturated carbocycles. The van der Waals surface area contributed by atoms with Gasteiger partial charge in [0.1, 0.15) is 10.3 Å². The number of nitrogens with zero attached hydrogens (tertiary/aromatic N) is 4. The molecule has 5 rings (SSSR count). The minimum Gasteiger partial charge on any atom is -0.324 e. The number of para-hydroxylation sites is 1. The molecular formula is C27H32N4O3S2. The maximum absolute atomic E-state index is 13.4. The fourth-order valence-corrected chi connectivity index (χ4v) is 8.17. The van der Waals surface area contributed by atoms with E-state index in [9.17, 15) is 13.2 Å². The molecule has 190 valence electrons. The number of thioether (sulfide) groups is 1. The van der Waals surface area contributed by atoms with Crippen molar-refractivity contribution in [3.63, 3.8) is 0 Å². The van der Waals surface area contributed by atoms with Crippen LogP contribution in [0.25, 0.3) is 10.9 Å². The molecule has 0 bridgehead atoms. The van der Waals surface area contributed by atoms with Crippen molar-refractivity contribution in [2.75, 3.05) is 39.3 Å². The summed E-state index contributed by atoms with van der Waals surface area (Å²) in [5.41, 5.74) is 2.91. The van der Waals surface area contributed by atoms with E-state index in [-0.39, 0.29) is 21.4 Å². The maximum Gasteiger partial charge on any atom is 0.245 e. The van der Waals surface area contributed by atoms with Crippen LogP contribution in [0.3, 0.4) is 0 Å². The van der Waals surface area contributed by atoms with Crippen molar-refractivity contribution in [3.8, 4) is 0 Å². The molecule has 0 unspecified atom stereocenters. The molecule has 0 spiro atoms. The van der Waals surface area contributed by atoms with Gasteiger partial charge in [-0.3, -0.25) is 14.7 Å². The molecule has 2 fully saturated rings. The van der Waals surface area contributed by atoms with Gasteiger partial charge in [0.25, 0.3) is 0 Å². The van der Waals surface area contributed by atoms with Gasteiger partial charge in [0.2, 0.25) is 15.9 Å². The molecule has 2 saturated heterocycles. The number of benzene rings is 2. The monoisotopic (exact) mass is 524 g/mol. The third kappa shape index (κ3) is 4.77. The Hall–Kier alpha value is -2.46. The molecule has 2 aromatic carbocycles. The second-order valence-corrected chi connectivity index (χ2v) is 12.5. The second-order valence-electron chi connectivity index (χ2n) is 9.35. The van der Waals surface area contributed by atoms with E-state index in [1.807, 2.05) is 35.2 Å². The Morgan fingerprint density at radius 3 is 2.47 bits per heavy atom. The summed E-state index contributed by atoms with van der Waals surface area (Å²) in [6.07, 6.45) is 2.45. The van der Waals surface area contributed by atoms with E-state index in [1.165, 1.54) is 11.1 Å². The molecule has 0 aliphatic carbocycles. The zero-order chi connectivity index (χ0) is 25.3. The summed E-state index contributed by atoms with van der Waals surface area (Å²) in [6.45, 7) is 7.66. The lowest BCUT2D eigenvalue weighted by atomic mass is 10.1. The lowest BCUT2D eigenvalue weighted by Crippen LogP contribution is -2.50. The van der Waals surface area contributed by atoms with E-state index < -0.39 is 10.0 Å². The number of carbonyl (C=O) groups excluding carboxylic acids is 1. The largest absolute Gasteiger partial charge is 0.324 e. The summed E-state index contributed by atoms with van der Waals surface area (Å²) in [6, 6.07) is 17.3. The average Bonchev–Trinajstić information content (AvgIpc) is 3.22. The van der Waals surface area contributed by atoms with Crippen LogP contribution in [-0.2, 0) is 14.8 Å². The highest BCUT2D eigenvalue weighted by Gasteiger charge is 2.40. The standard InChI is InChI=1S/C27H32N4O3S2/c1-3-23-26(32)31(27(35-23)22-11-5-4-8-20(22)2)19-16-29-14-17-30(18-15-29)36(33,34)24-12-6-9-21-10-7-13-28-25(21)24/h4-13,23,27H,3,14-19H2,1-2H3/t23-,27-/m0/s1. The van der Waals surface area contributed by atoms with E-state index in [1.54, 1.807) is 34.4 Å². The van der Waals surface area contributed by atoms with Crippen LogP contribution in [0.4, 0.5) is 0 Å². The van der Waals surface area contributed by atoms with Crippen LogP contribution in [0.1, 0.15) is 29.8 Å². The highest BCUT2D eigenvalue weighted by molar-refractivity contribution is 8.01. The Labute approximate surface area is 217 Å². The van der Waals surface area contributed by atoms with E-state index in [0.29, 0.717) is 38.2 Å². The van der Waals surface area contributed by atoms with Crippen LogP contribution < -0.4 is 0 Å². The number of aromatic nitrogens is 1. The van der Waals surface area contributed by atoms with Crippen molar-refractivity contribution < 1.29 is 13.2 Å². The van der Waals surface area contributed by atoms with Gasteiger partial charge in [0, 0.05) is 50.9 Å². The number of piperazine rings is 1. The number of carbonyl (C=O) groups is 1. The van der Waals surface area contributed by atoms with E-state index >= 15 is 0 Å². The third-order valence-corrected chi connectivity index (χ3v) is 10.7. The molecular weight excluding hydrogens is 492 g/mol. The molecule has 36 heavy (non-hydrogen) atoms. The average molecular weight is 525 g/mol. The number of rotatable bonds is 7. The molecule has 2 atom stereocenters. The molecule has 3 aromatic rings. The van der Waals surface area contributed by atoms with Crippen LogP contribution in [-0.4, -0.2) is 77.9 Å². The lowest BCUT2D eigenvalue weighted by molar-refractivity contribution is -0.130. The van der Waals surface area contributed by atoms with Gasteiger partial charge in [-0.05, 0) is 36.6 Å². The SMILES string of the molecule is CC[C@@H]1S[C@@H](c2ccccc2C)N(CCN2CCN(S(=O)(=O)c3cccc4cccnc34)CC2)C1=O. The summed E-state index contributed by atoms with van der Waals surface area (Å²) in [7, 11) is -3.64. The van der Waals surface area contributed by atoms with Gasteiger partial charge < -0.3 is 4.90 Å². The Balaban J connectivity index is 1.24. The number of hydrogen-bond acceptors (Lipinski definition) is 6. The Morgan fingerprint density at radius 1 is 0.972 bits per heavy atom. The molecule has 9 heteroatoms. The fourth-order valence-electron chi connectivity index (χ4n) is 5.06. The Kier molecular flexibility index (Phi) is 7.35. The van der Waals surface area contributed by atoms with Crippen molar-refractivity contribution >= 4 is 38.6 Å². The normalized spacial score (nSPS) is 21.9.